The molecule has 16 heavy (non-hydrogen) atoms. The summed E-state index contributed by atoms with van der Waals surface area (Å²) in [6.45, 7) is 0. The van der Waals surface area contributed by atoms with Crippen LogP contribution in [0.15, 0.2) is 30.5 Å². The molecule has 2 rings (SSSR count). The van der Waals surface area contributed by atoms with Gasteiger partial charge < -0.3 is 0 Å². The van der Waals surface area contributed by atoms with Crippen LogP contribution < -0.4 is 0 Å². The van der Waals surface area contributed by atoms with Crippen LogP contribution in [0.2, 0.25) is 10.2 Å². The van der Waals surface area contributed by atoms with Crippen LogP contribution in [0.25, 0.3) is 0 Å². The average Bonchev–Trinajstić information content (AvgIpc) is 2.24. The summed E-state index contributed by atoms with van der Waals surface area (Å²) in [5, 5.41) is 1.21. The summed E-state index contributed by atoms with van der Waals surface area (Å²) in [5.41, 5.74) is 1.07. The van der Waals surface area contributed by atoms with E-state index in [1.165, 1.54) is 0 Å². The Labute approximate surface area is 117 Å². The largest absolute Gasteiger partial charge is 0.240 e. The van der Waals surface area contributed by atoms with Gasteiger partial charge in [-0.1, -0.05) is 35.3 Å². The smallest absolute Gasteiger partial charge is 0.146 e. The summed E-state index contributed by atoms with van der Waals surface area (Å²) in [5.74, 6) is 0.702. The van der Waals surface area contributed by atoms with Gasteiger partial charge in [0.1, 0.15) is 11.0 Å². The molecule has 0 atom stereocenters. The van der Waals surface area contributed by atoms with Crippen LogP contribution in [0, 0.1) is 3.57 Å². The van der Waals surface area contributed by atoms with Crippen molar-refractivity contribution in [1.82, 2.24) is 9.97 Å². The van der Waals surface area contributed by atoms with E-state index in [1.54, 1.807) is 6.20 Å². The van der Waals surface area contributed by atoms with Gasteiger partial charge in [0.2, 0.25) is 0 Å². The van der Waals surface area contributed by atoms with Gasteiger partial charge in [-0.05, 0) is 40.3 Å². The van der Waals surface area contributed by atoms with Gasteiger partial charge in [0.05, 0.1) is 3.57 Å². The van der Waals surface area contributed by atoms with Crippen molar-refractivity contribution in [2.75, 3.05) is 0 Å². The van der Waals surface area contributed by atoms with Gasteiger partial charge in [0.15, 0.2) is 0 Å². The number of aromatic nitrogens is 2. The fourth-order valence-electron chi connectivity index (χ4n) is 1.29. The van der Waals surface area contributed by atoms with Gasteiger partial charge >= 0.3 is 0 Å². The molecule has 0 aliphatic carbocycles. The number of hydrogen-bond donors (Lipinski definition) is 0. The maximum Gasteiger partial charge on any atom is 0.146 e. The van der Waals surface area contributed by atoms with Crippen LogP contribution in [0.1, 0.15) is 11.4 Å². The standard InChI is InChI=1S/C11H7Cl2IN2/c12-8-3-1-2-7(4-8)5-10-15-6-9(14)11(13)16-10/h1-4,6H,5H2. The first kappa shape index (κ1) is 12.1. The highest BCUT2D eigenvalue weighted by atomic mass is 127. The molecule has 0 unspecified atom stereocenters. The molecule has 0 aliphatic heterocycles. The van der Waals surface area contributed by atoms with Gasteiger partial charge in [0, 0.05) is 17.6 Å². The molecule has 0 saturated heterocycles. The molecule has 5 heteroatoms. The zero-order chi connectivity index (χ0) is 11.5. The van der Waals surface area contributed by atoms with E-state index in [-0.39, 0.29) is 0 Å². The second kappa shape index (κ2) is 5.29. The molecule has 1 aromatic heterocycles. The molecule has 0 radical (unpaired) electrons. The summed E-state index contributed by atoms with van der Waals surface area (Å²) in [7, 11) is 0. The van der Waals surface area contributed by atoms with Crippen molar-refractivity contribution in [3.63, 3.8) is 0 Å². The normalized spacial score (nSPS) is 10.4. The molecule has 0 fully saturated rings. The Morgan fingerprint density at radius 2 is 2.06 bits per heavy atom. The Hall–Kier alpha value is -0.390. The van der Waals surface area contributed by atoms with E-state index < -0.39 is 0 Å². The Balaban J connectivity index is 2.24. The van der Waals surface area contributed by atoms with Crippen molar-refractivity contribution in [1.29, 1.82) is 0 Å². The van der Waals surface area contributed by atoms with Crippen molar-refractivity contribution in [2.24, 2.45) is 0 Å². The van der Waals surface area contributed by atoms with Crippen molar-refractivity contribution < 1.29 is 0 Å². The highest BCUT2D eigenvalue weighted by molar-refractivity contribution is 14.1. The molecule has 1 aromatic carbocycles. The molecule has 0 aliphatic rings. The van der Waals surface area contributed by atoms with Gasteiger partial charge in [-0.3, -0.25) is 0 Å². The van der Waals surface area contributed by atoms with Crippen LogP contribution in [0.3, 0.4) is 0 Å². The second-order valence-electron chi connectivity index (χ2n) is 3.23. The number of halogens is 3. The Kier molecular flexibility index (Phi) is 4.00. The van der Waals surface area contributed by atoms with Gasteiger partial charge in [-0.2, -0.15) is 0 Å². The van der Waals surface area contributed by atoms with Gasteiger partial charge in [-0.15, -0.1) is 0 Å². The van der Waals surface area contributed by atoms with E-state index in [0.29, 0.717) is 22.4 Å². The summed E-state index contributed by atoms with van der Waals surface area (Å²) >= 11 is 13.9. The zero-order valence-corrected chi connectivity index (χ0v) is 11.8. The first-order valence-corrected chi connectivity index (χ1v) is 6.40. The minimum atomic E-state index is 0.493. The topological polar surface area (TPSA) is 25.8 Å². The molecule has 0 spiro atoms. The van der Waals surface area contributed by atoms with E-state index in [0.717, 1.165) is 9.13 Å². The Bertz CT molecular complexity index is 517. The number of benzene rings is 1. The molecule has 1 heterocycles. The minimum absolute atomic E-state index is 0.493. The van der Waals surface area contributed by atoms with Crippen molar-refractivity contribution in [3.05, 3.63) is 55.6 Å². The van der Waals surface area contributed by atoms with Crippen LogP contribution in [-0.2, 0) is 6.42 Å². The molecule has 82 valence electrons. The number of hydrogen-bond acceptors (Lipinski definition) is 2. The van der Waals surface area contributed by atoms with Crippen LogP contribution in [0.4, 0.5) is 0 Å². The summed E-state index contributed by atoms with van der Waals surface area (Å²) < 4.78 is 0.856. The van der Waals surface area contributed by atoms with Crippen molar-refractivity contribution in [2.45, 2.75) is 6.42 Å². The summed E-state index contributed by atoms with van der Waals surface area (Å²) in [6.07, 6.45) is 2.35. The highest BCUT2D eigenvalue weighted by Crippen LogP contribution is 2.17. The van der Waals surface area contributed by atoms with E-state index in [2.05, 4.69) is 32.6 Å². The molecule has 2 aromatic rings. The Morgan fingerprint density at radius 1 is 1.25 bits per heavy atom. The van der Waals surface area contributed by atoms with Gasteiger partial charge in [-0.25, -0.2) is 9.97 Å². The summed E-state index contributed by atoms with van der Waals surface area (Å²) in [4.78, 5) is 8.42. The second-order valence-corrected chi connectivity index (χ2v) is 5.19. The monoisotopic (exact) mass is 364 g/mol. The van der Waals surface area contributed by atoms with Crippen LogP contribution in [-0.4, -0.2) is 9.97 Å². The van der Waals surface area contributed by atoms with E-state index in [9.17, 15) is 0 Å². The fraction of sp³-hybridized carbons (Fsp3) is 0.0909. The molecule has 0 N–H and O–H groups in total. The van der Waals surface area contributed by atoms with E-state index in [1.807, 2.05) is 24.3 Å². The fourth-order valence-corrected chi connectivity index (χ4v) is 1.91. The third kappa shape index (κ3) is 3.06. The molecule has 0 amide bonds. The number of rotatable bonds is 2. The van der Waals surface area contributed by atoms with Crippen molar-refractivity contribution >= 4 is 45.8 Å². The third-order valence-corrected chi connectivity index (χ3v) is 3.63. The van der Waals surface area contributed by atoms with Gasteiger partial charge in [0.25, 0.3) is 0 Å². The quantitative estimate of drug-likeness (QED) is 0.595. The van der Waals surface area contributed by atoms with Crippen LogP contribution >= 0.6 is 45.8 Å². The van der Waals surface area contributed by atoms with Crippen LogP contribution in [0.5, 0.6) is 0 Å². The SMILES string of the molecule is Clc1cccc(Cc2ncc(I)c(Cl)n2)c1. The first-order chi connectivity index (χ1) is 7.65. The lowest BCUT2D eigenvalue weighted by Gasteiger charge is -2.02. The number of nitrogens with zero attached hydrogens (tertiary/aromatic N) is 2. The average molecular weight is 365 g/mol. The first-order valence-electron chi connectivity index (χ1n) is 4.56. The predicted molar refractivity (Wildman–Crippen MR) is 74.0 cm³/mol. The van der Waals surface area contributed by atoms with Crippen molar-refractivity contribution in [3.8, 4) is 0 Å². The predicted octanol–water partition coefficient (Wildman–Crippen LogP) is 3.98. The zero-order valence-electron chi connectivity index (χ0n) is 8.12. The maximum atomic E-state index is 5.93. The molecular formula is C11H7Cl2IN2. The lowest BCUT2D eigenvalue weighted by Crippen LogP contribution is -1.97. The summed E-state index contributed by atoms with van der Waals surface area (Å²) in [6, 6.07) is 7.64. The van der Waals surface area contributed by atoms with E-state index >= 15 is 0 Å². The molecular weight excluding hydrogens is 358 g/mol. The molecule has 0 saturated carbocycles. The highest BCUT2D eigenvalue weighted by Gasteiger charge is 2.03. The third-order valence-electron chi connectivity index (χ3n) is 2.00. The minimum Gasteiger partial charge on any atom is -0.240 e. The molecule has 0 bridgehead atoms. The Morgan fingerprint density at radius 3 is 2.75 bits per heavy atom. The maximum absolute atomic E-state index is 5.93. The molecule has 2 nitrogen and oxygen atoms in total. The van der Waals surface area contributed by atoms with E-state index in [4.69, 9.17) is 23.2 Å². The lowest BCUT2D eigenvalue weighted by atomic mass is 10.1. The lowest BCUT2D eigenvalue weighted by molar-refractivity contribution is 0.961.